The summed E-state index contributed by atoms with van der Waals surface area (Å²) in [5.41, 5.74) is 0.435. The Balaban J connectivity index is 0.00000242. The van der Waals surface area contributed by atoms with Crippen LogP contribution in [0.2, 0.25) is 0 Å². The number of rotatable bonds is 5. The van der Waals surface area contributed by atoms with Crippen molar-refractivity contribution in [1.29, 1.82) is 0 Å². The van der Waals surface area contributed by atoms with Crippen molar-refractivity contribution in [2.75, 3.05) is 32.8 Å². The Morgan fingerprint density at radius 3 is 2.41 bits per heavy atom. The van der Waals surface area contributed by atoms with E-state index in [0.29, 0.717) is 11.5 Å². The molecule has 0 radical (unpaired) electrons. The standard InChI is InChI=1S/C17H33N3O.HI/c1-4-18-16(19-14-17(3)10-6-7-11-17)20-12-8-15(9-13-20)21-5-2;/h15H,4-14H2,1-3H3,(H,18,19);1H. The summed E-state index contributed by atoms with van der Waals surface area (Å²) in [6.07, 6.45) is 8.11. The predicted octanol–water partition coefficient (Wildman–Crippen LogP) is 3.65. The van der Waals surface area contributed by atoms with E-state index in [1.807, 2.05) is 0 Å². The number of likely N-dealkylation sites (tertiary alicyclic amines) is 1. The molecule has 1 N–H and O–H groups in total. The highest BCUT2D eigenvalue weighted by Gasteiger charge is 2.29. The van der Waals surface area contributed by atoms with Gasteiger partial charge in [0.25, 0.3) is 0 Å². The fourth-order valence-corrected chi connectivity index (χ4v) is 3.55. The third-order valence-corrected chi connectivity index (χ3v) is 4.90. The molecule has 0 aromatic heterocycles. The number of hydrogen-bond donors (Lipinski definition) is 1. The van der Waals surface area contributed by atoms with Crippen LogP contribution < -0.4 is 5.32 Å². The first-order valence-corrected chi connectivity index (χ1v) is 8.82. The molecular formula is C17H34IN3O. The lowest BCUT2D eigenvalue weighted by atomic mass is 9.89. The van der Waals surface area contributed by atoms with Crippen LogP contribution in [-0.2, 0) is 4.74 Å². The van der Waals surface area contributed by atoms with Crippen LogP contribution in [-0.4, -0.2) is 49.7 Å². The lowest BCUT2D eigenvalue weighted by molar-refractivity contribution is 0.0263. The summed E-state index contributed by atoms with van der Waals surface area (Å²) in [5, 5.41) is 3.48. The molecule has 1 saturated heterocycles. The van der Waals surface area contributed by atoms with Crippen molar-refractivity contribution in [2.24, 2.45) is 10.4 Å². The molecule has 2 fully saturated rings. The number of nitrogens with zero attached hydrogens (tertiary/aromatic N) is 2. The van der Waals surface area contributed by atoms with E-state index in [0.717, 1.165) is 51.6 Å². The average molecular weight is 423 g/mol. The normalized spacial score (nSPS) is 22.5. The maximum Gasteiger partial charge on any atom is 0.193 e. The molecule has 0 atom stereocenters. The summed E-state index contributed by atoms with van der Waals surface area (Å²) in [7, 11) is 0. The minimum Gasteiger partial charge on any atom is -0.378 e. The summed E-state index contributed by atoms with van der Waals surface area (Å²) in [4.78, 5) is 7.37. The molecule has 130 valence electrons. The van der Waals surface area contributed by atoms with E-state index in [1.54, 1.807) is 0 Å². The molecule has 0 bridgehead atoms. The van der Waals surface area contributed by atoms with Gasteiger partial charge in [0.05, 0.1) is 6.10 Å². The Labute approximate surface area is 153 Å². The van der Waals surface area contributed by atoms with Crippen molar-refractivity contribution in [3.63, 3.8) is 0 Å². The molecule has 1 aliphatic heterocycles. The van der Waals surface area contributed by atoms with Crippen LogP contribution in [0.25, 0.3) is 0 Å². The van der Waals surface area contributed by atoms with Gasteiger partial charge in [0, 0.05) is 32.8 Å². The molecule has 1 saturated carbocycles. The molecule has 22 heavy (non-hydrogen) atoms. The van der Waals surface area contributed by atoms with Crippen LogP contribution in [0, 0.1) is 5.41 Å². The summed E-state index contributed by atoms with van der Waals surface area (Å²) in [6.45, 7) is 11.5. The second-order valence-electron chi connectivity index (χ2n) is 6.83. The van der Waals surface area contributed by atoms with Crippen LogP contribution >= 0.6 is 24.0 Å². The fraction of sp³-hybridized carbons (Fsp3) is 0.941. The third kappa shape index (κ3) is 5.87. The Morgan fingerprint density at radius 2 is 1.86 bits per heavy atom. The van der Waals surface area contributed by atoms with Crippen LogP contribution in [0.4, 0.5) is 0 Å². The van der Waals surface area contributed by atoms with E-state index in [-0.39, 0.29) is 24.0 Å². The lowest BCUT2D eigenvalue weighted by Gasteiger charge is -2.34. The highest BCUT2D eigenvalue weighted by molar-refractivity contribution is 14.0. The number of aliphatic imine (C=N–C) groups is 1. The number of piperidine rings is 1. The number of ether oxygens (including phenoxy) is 1. The van der Waals surface area contributed by atoms with Gasteiger partial charge in [-0.2, -0.15) is 0 Å². The van der Waals surface area contributed by atoms with Gasteiger partial charge in [-0.3, -0.25) is 4.99 Å². The second kappa shape index (κ2) is 9.96. The topological polar surface area (TPSA) is 36.9 Å². The molecular weight excluding hydrogens is 389 g/mol. The smallest absolute Gasteiger partial charge is 0.193 e. The van der Waals surface area contributed by atoms with Crippen molar-refractivity contribution in [2.45, 2.75) is 65.4 Å². The van der Waals surface area contributed by atoms with Gasteiger partial charge in [-0.05, 0) is 44.9 Å². The van der Waals surface area contributed by atoms with Crippen LogP contribution in [0.3, 0.4) is 0 Å². The summed E-state index contributed by atoms with van der Waals surface area (Å²) >= 11 is 0. The van der Waals surface area contributed by atoms with E-state index >= 15 is 0 Å². The number of hydrogen-bond acceptors (Lipinski definition) is 2. The molecule has 0 aromatic carbocycles. The van der Waals surface area contributed by atoms with Crippen molar-refractivity contribution in [3.8, 4) is 0 Å². The SMILES string of the molecule is CCNC(=NCC1(C)CCCC1)N1CCC(OCC)CC1.I. The first-order chi connectivity index (χ1) is 10.2. The van der Waals surface area contributed by atoms with Crippen molar-refractivity contribution >= 4 is 29.9 Å². The lowest BCUT2D eigenvalue weighted by Crippen LogP contribution is -2.47. The summed E-state index contributed by atoms with van der Waals surface area (Å²) in [5.74, 6) is 1.11. The van der Waals surface area contributed by atoms with Gasteiger partial charge in [-0.25, -0.2) is 0 Å². The van der Waals surface area contributed by atoms with E-state index in [9.17, 15) is 0 Å². The zero-order chi connectivity index (χ0) is 15.1. The first kappa shape index (κ1) is 20.0. The number of halogens is 1. The fourth-order valence-electron chi connectivity index (χ4n) is 3.55. The van der Waals surface area contributed by atoms with E-state index in [2.05, 4.69) is 31.0 Å². The van der Waals surface area contributed by atoms with Crippen LogP contribution in [0.1, 0.15) is 59.3 Å². The van der Waals surface area contributed by atoms with Gasteiger partial charge in [0.1, 0.15) is 0 Å². The molecule has 5 heteroatoms. The van der Waals surface area contributed by atoms with Crippen LogP contribution in [0.5, 0.6) is 0 Å². The molecule has 2 aliphatic rings. The Bertz CT molecular complexity index is 335. The molecule has 0 amide bonds. The number of guanidine groups is 1. The van der Waals surface area contributed by atoms with Gasteiger partial charge in [-0.1, -0.05) is 19.8 Å². The minimum absolute atomic E-state index is 0. The quantitative estimate of drug-likeness (QED) is 0.417. The van der Waals surface area contributed by atoms with Crippen molar-refractivity contribution < 1.29 is 4.74 Å². The van der Waals surface area contributed by atoms with E-state index < -0.39 is 0 Å². The third-order valence-electron chi connectivity index (χ3n) is 4.90. The largest absolute Gasteiger partial charge is 0.378 e. The van der Waals surface area contributed by atoms with Gasteiger partial charge >= 0.3 is 0 Å². The summed E-state index contributed by atoms with van der Waals surface area (Å²) in [6, 6.07) is 0. The maximum absolute atomic E-state index is 5.74. The Kier molecular flexibility index (Phi) is 9.05. The molecule has 1 aliphatic carbocycles. The molecule has 0 unspecified atom stereocenters. The molecule has 2 rings (SSSR count). The summed E-state index contributed by atoms with van der Waals surface area (Å²) < 4.78 is 5.74. The number of nitrogens with one attached hydrogen (secondary N) is 1. The average Bonchev–Trinajstić information content (AvgIpc) is 2.92. The minimum atomic E-state index is 0. The highest BCUT2D eigenvalue weighted by Crippen LogP contribution is 2.37. The monoisotopic (exact) mass is 423 g/mol. The van der Waals surface area contributed by atoms with Crippen molar-refractivity contribution in [1.82, 2.24) is 10.2 Å². The Morgan fingerprint density at radius 1 is 1.23 bits per heavy atom. The van der Waals surface area contributed by atoms with Crippen molar-refractivity contribution in [3.05, 3.63) is 0 Å². The van der Waals surface area contributed by atoms with Gasteiger partial charge < -0.3 is 15.0 Å². The van der Waals surface area contributed by atoms with Gasteiger partial charge in [0.15, 0.2) is 5.96 Å². The molecule has 1 heterocycles. The molecule has 4 nitrogen and oxygen atoms in total. The zero-order valence-electron chi connectivity index (χ0n) is 14.6. The molecule has 0 spiro atoms. The highest BCUT2D eigenvalue weighted by atomic mass is 127. The second-order valence-corrected chi connectivity index (χ2v) is 6.83. The Hall–Kier alpha value is -0.0400. The van der Waals surface area contributed by atoms with E-state index in [4.69, 9.17) is 9.73 Å². The molecule has 0 aromatic rings. The van der Waals surface area contributed by atoms with E-state index in [1.165, 1.54) is 25.7 Å². The van der Waals surface area contributed by atoms with Gasteiger partial charge in [-0.15, -0.1) is 24.0 Å². The van der Waals surface area contributed by atoms with Gasteiger partial charge in [0.2, 0.25) is 0 Å². The predicted molar refractivity (Wildman–Crippen MR) is 104 cm³/mol. The maximum atomic E-state index is 5.74. The first-order valence-electron chi connectivity index (χ1n) is 8.82. The van der Waals surface area contributed by atoms with Crippen LogP contribution in [0.15, 0.2) is 4.99 Å². The zero-order valence-corrected chi connectivity index (χ0v) is 16.9.